The van der Waals surface area contributed by atoms with E-state index in [4.69, 9.17) is 4.74 Å². The average molecular weight is 308 g/mol. The van der Waals surface area contributed by atoms with Crippen molar-refractivity contribution < 1.29 is 4.74 Å². The number of benzene rings is 1. The molecule has 0 amide bonds. The quantitative estimate of drug-likeness (QED) is 0.808. The second-order valence-corrected chi connectivity index (χ2v) is 7.44. The van der Waals surface area contributed by atoms with Crippen LogP contribution in [0.15, 0.2) is 24.3 Å². The molecule has 21 heavy (non-hydrogen) atoms. The summed E-state index contributed by atoms with van der Waals surface area (Å²) in [5, 5.41) is 4.28. The van der Waals surface area contributed by atoms with Gasteiger partial charge in [-0.15, -0.1) is 0 Å². The molecule has 0 saturated carbocycles. The molecule has 1 aromatic rings. The Bertz CT molecular complexity index is 418. The Kier molecular flexibility index (Phi) is 6.59. The van der Waals surface area contributed by atoms with Crippen LogP contribution in [-0.2, 0) is 4.74 Å². The molecule has 3 unspecified atom stereocenters. The van der Waals surface area contributed by atoms with Crippen molar-refractivity contribution in [3.63, 3.8) is 0 Å². The Morgan fingerprint density at radius 3 is 2.43 bits per heavy atom. The van der Waals surface area contributed by atoms with Crippen LogP contribution in [-0.4, -0.2) is 30.3 Å². The SMILES string of the molecule is CCNC(CSC1CCOC1C)c1ccc(C(C)C)cc1. The van der Waals surface area contributed by atoms with Crippen molar-refractivity contribution in [2.75, 3.05) is 18.9 Å². The first-order valence-electron chi connectivity index (χ1n) is 8.18. The molecule has 0 spiro atoms. The van der Waals surface area contributed by atoms with Gasteiger partial charge in [0.05, 0.1) is 6.10 Å². The molecule has 1 heterocycles. The molecule has 0 aromatic heterocycles. The maximum atomic E-state index is 5.66. The normalized spacial score (nSPS) is 23.7. The molecule has 118 valence electrons. The van der Waals surface area contributed by atoms with Crippen LogP contribution < -0.4 is 5.32 Å². The van der Waals surface area contributed by atoms with Crippen molar-refractivity contribution in [1.29, 1.82) is 0 Å². The van der Waals surface area contributed by atoms with Crippen LogP contribution in [0.4, 0.5) is 0 Å². The van der Waals surface area contributed by atoms with Crippen molar-refractivity contribution in [1.82, 2.24) is 5.32 Å². The number of rotatable bonds is 7. The van der Waals surface area contributed by atoms with E-state index in [1.807, 2.05) is 0 Å². The van der Waals surface area contributed by atoms with Gasteiger partial charge in [0.25, 0.3) is 0 Å². The lowest BCUT2D eigenvalue weighted by Crippen LogP contribution is -2.25. The van der Waals surface area contributed by atoms with Gasteiger partial charge in [0.15, 0.2) is 0 Å². The highest BCUT2D eigenvalue weighted by Gasteiger charge is 2.25. The minimum Gasteiger partial charge on any atom is -0.377 e. The molecule has 1 fully saturated rings. The van der Waals surface area contributed by atoms with Gasteiger partial charge in [0.2, 0.25) is 0 Å². The molecule has 2 nitrogen and oxygen atoms in total. The summed E-state index contributed by atoms with van der Waals surface area (Å²) < 4.78 is 5.66. The number of nitrogens with one attached hydrogen (secondary N) is 1. The van der Waals surface area contributed by atoms with Gasteiger partial charge in [-0.25, -0.2) is 0 Å². The summed E-state index contributed by atoms with van der Waals surface area (Å²) in [6, 6.07) is 9.57. The van der Waals surface area contributed by atoms with E-state index in [1.165, 1.54) is 17.5 Å². The fourth-order valence-electron chi connectivity index (χ4n) is 2.78. The summed E-state index contributed by atoms with van der Waals surface area (Å²) in [6.45, 7) is 10.8. The van der Waals surface area contributed by atoms with Crippen LogP contribution in [0.1, 0.15) is 57.2 Å². The van der Waals surface area contributed by atoms with E-state index >= 15 is 0 Å². The van der Waals surface area contributed by atoms with Crippen LogP contribution in [0.25, 0.3) is 0 Å². The highest BCUT2D eigenvalue weighted by molar-refractivity contribution is 8.00. The fraction of sp³-hybridized carbons (Fsp3) is 0.667. The third-order valence-corrected chi connectivity index (χ3v) is 5.81. The Balaban J connectivity index is 1.97. The first-order chi connectivity index (χ1) is 10.1. The second-order valence-electron chi connectivity index (χ2n) is 6.17. The minimum atomic E-state index is 0.403. The van der Waals surface area contributed by atoms with E-state index < -0.39 is 0 Å². The molecular weight excluding hydrogens is 278 g/mol. The standard InChI is InChI=1S/C18H29NOS/c1-5-19-17(12-21-18-10-11-20-14(18)4)16-8-6-15(7-9-16)13(2)3/h6-9,13-14,17-19H,5,10-12H2,1-4H3. The van der Waals surface area contributed by atoms with Gasteiger partial charge in [-0.3, -0.25) is 0 Å². The first-order valence-corrected chi connectivity index (χ1v) is 9.23. The summed E-state index contributed by atoms with van der Waals surface area (Å²) in [6.07, 6.45) is 1.59. The molecule has 3 atom stereocenters. The Morgan fingerprint density at radius 1 is 1.24 bits per heavy atom. The first kappa shape index (κ1) is 16.9. The smallest absolute Gasteiger partial charge is 0.0666 e. The summed E-state index contributed by atoms with van der Waals surface area (Å²) in [4.78, 5) is 0. The van der Waals surface area contributed by atoms with E-state index in [9.17, 15) is 0 Å². The van der Waals surface area contributed by atoms with Crippen molar-refractivity contribution in [3.05, 3.63) is 35.4 Å². The van der Waals surface area contributed by atoms with Crippen molar-refractivity contribution in [2.24, 2.45) is 0 Å². The zero-order valence-corrected chi connectivity index (χ0v) is 14.6. The lowest BCUT2D eigenvalue weighted by Gasteiger charge is -2.22. The average Bonchev–Trinajstić information content (AvgIpc) is 2.89. The second kappa shape index (κ2) is 8.21. The molecule has 1 N–H and O–H groups in total. The molecular formula is C18H29NOS. The molecule has 1 aliphatic rings. The van der Waals surface area contributed by atoms with Gasteiger partial charge in [-0.1, -0.05) is 45.0 Å². The van der Waals surface area contributed by atoms with Gasteiger partial charge in [-0.2, -0.15) is 11.8 Å². The summed E-state index contributed by atoms with van der Waals surface area (Å²) in [5.41, 5.74) is 2.82. The Morgan fingerprint density at radius 2 is 1.90 bits per heavy atom. The molecule has 0 bridgehead atoms. The zero-order valence-electron chi connectivity index (χ0n) is 13.8. The lowest BCUT2D eigenvalue weighted by molar-refractivity contribution is 0.127. The van der Waals surface area contributed by atoms with Crippen LogP contribution in [0.2, 0.25) is 0 Å². The van der Waals surface area contributed by atoms with Gasteiger partial charge in [0, 0.05) is 23.7 Å². The number of hydrogen-bond donors (Lipinski definition) is 1. The molecule has 1 aliphatic heterocycles. The predicted molar refractivity (Wildman–Crippen MR) is 93.2 cm³/mol. The summed E-state index contributed by atoms with van der Waals surface area (Å²) in [7, 11) is 0. The van der Waals surface area contributed by atoms with Crippen molar-refractivity contribution in [3.8, 4) is 0 Å². The van der Waals surface area contributed by atoms with Gasteiger partial charge in [0.1, 0.15) is 0 Å². The van der Waals surface area contributed by atoms with Crippen LogP contribution in [0, 0.1) is 0 Å². The third-order valence-electron chi connectivity index (χ3n) is 4.24. The van der Waals surface area contributed by atoms with E-state index in [2.05, 4.69) is 69.0 Å². The zero-order chi connectivity index (χ0) is 15.2. The van der Waals surface area contributed by atoms with E-state index in [0.717, 1.165) is 18.9 Å². The molecule has 1 aromatic carbocycles. The molecule has 0 aliphatic carbocycles. The largest absolute Gasteiger partial charge is 0.377 e. The van der Waals surface area contributed by atoms with Crippen LogP contribution in [0.3, 0.4) is 0 Å². The van der Waals surface area contributed by atoms with E-state index in [-0.39, 0.29) is 0 Å². The summed E-state index contributed by atoms with van der Waals surface area (Å²) in [5.74, 6) is 1.72. The summed E-state index contributed by atoms with van der Waals surface area (Å²) >= 11 is 2.06. The fourth-order valence-corrected chi connectivity index (χ4v) is 4.15. The maximum absolute atomic E-state index is 5.66. The molecule has 2 rings (SSSR count). The number of ether oxygens (including phenoxy) is 1. The maximum Gasteiger partial charge on any atom is 0.0666 e. The van der Waals surface area contributed by atoms with Crippen molar-refractivity contribution in [2.45, 2.75) is 57.4 Å². The molecule has 3 heteroatoms. The van der Waals surface area contributed by atoms with Gasteiger partial charge >= 0.3 is 0 Å². The minimum absolute atomic E-state index is 0.403. The monoisotopic (exact) mass is 307 g/mol. The van der Waals surface area contributed by atoms with E-state index in [0.29, 0.717) is 23.3 Å². The highest BCUT2D eigenvalue weighted by Crippen LogP contribution is 2.30. The van der Waals surface area contributed by atoms with Crippen LogP contribution >= 0.6 is 11.8 Å². The number of thioether (sulfide) groups is 1. The number of hydrogen-bond acceptors (Lipinski definition) is 3. The Labute approximate surface area is 134 Å². The molecule has 1 saturated heterocycles. The van der Waals surface area contributed by atoms with Gasteiger partial charge in [-0.05, 0) is 36.9 Å². The molecule has 0 radical (unpaired) electrons. The van der Waals surface area contributed by atoms with Crippen LogP contribution in [0.5, 0.6) is 0 Å². The third kappa shape index (κ3) is 4.73. The predicted octanol–water partition coefficient (Wildman–Crippen LogP) is 4.37. The van der Waals surface area contributed by atoms with Crippen molar-refractivity contribution >= 4 is 11.8 Å². The highest BCUT2D eigenvalue weighted by atomic mass is 32.2. The Hall–Kier alpha value is -0.510. The van der Waals surface area contributed by atoms with Gasteiger partial charge < -0.3 is 10.1 Å². The lowest BCUT2D eigenvalue weighted by atomic mass is 9.99. The topological polar surface area (TPSA) is 21.3 Å². The van der Waals surface area contributed by atoms with E-state index in [1.54, 1.807) is 0 Å².